The highest BCUT2D eigenvalue weighted by atomic mass is 19.1. The maximum atomic E-state index is 13.8. The van der Waals surface area contributed by atoms with Crippen LogP contribution in [0.1, 0.15) is 6.42 Å². The van der Waals surface area contributed by atoms with Crippen LogP contribution in [0.15, 0.2) is 18.2 Å². The Morgan fingerprint density at radius 1 is 1.39 bits per heavy atom. The van der Waals surface area contributed by atoms with E-state index in [1.54, 1.807) is 7.11 Å². The van der Waals surface area contributed by atoms with Crippen molar-refractivity contribution >= 4 is 17.5 Å². The Kier molecular flexibility index (Phi) is 6.00. The zero-order valence-electron chi connectivity index (χ0n) is 12.8. The summed E-state index contributed by atoms with van der Waals surface area (Å²) in [4.78, 5) is 25.0. The molecule has 1 atom stereocenters. The third kappa shape index (κ3) is 4.23. The number of nitrogens with one attached hydrogen (secondary N) is 2. The fourth-order valence-electron chi connectivity index (χ4n) is 2.40. The van der Waals surface area contributed by atoms with E-state index >= 15 is 0 Å². The molecule has 8 heteroatoms. The number of carbonyl (C=O) groups excluding carboxylic acids is 2. The lowest BCUT2D eigenvalue weighted by Crippen LogP contribution is -2.45. The number of benzene rings is 1. The first kappa shape index (κ1) is 17.3. The quantitative estimate of drug-likeness (QED) is 0.712. The van der Waals surface area contributed by atoms with Gasteiger partial charge >= 0.3 is 0 Å². The van der Waals surface area contributed by atoms with Crippen molar-refractivity contribution in [1.29, 1.82) is 0 Å². The van der Waals surface area contributed by atoms with Gasteiger partial charge < -0.3 is 20.3 Å². The highest BCUT2D eigenvalue weighted by Crippen LogP contribution is 2.27. The number of rotatable bonds is 7. The Hall–Kier alpha value is -2.06. The third-order valence-corrected chi connectivity index (χ3v) is 3.52. The molecule has 0 saturated carbocycles. The molecule has 1 aromatic rings. The number of hydrogen-bond donors (Lipinski definition) is 2. The molecule has 1 aliphatic rings. The van der Waals surface area contributed by atoms with E-state index in [0.29, 0.717) is 19.6 Å². The second kappa shape index (κ2) is 7.98. The number of anilines is 1. The van der Waals surface area contributed by atoms with Crippen LogP contribution >= 0.6 is 0 Å². The van der Waals surface area contributed by atoms with Gasteiger partial charge in [-0.1, -0.05) is 6.07 Å². The van der Waals surface area contributed by atoms with Crippen LogP contribution < -0.4 is 15.5 Å². The first-order valence-electron chi connectivity index (χ1n) is 7.29. The summed E-state index contributed by atoms with van der Waals surface area (Å²) in [6.07, 6.45) is 0.302. The van der Waals surface area contributed by atoms with Crippen molar-refractivity contribution in [1.82, 2.24) is 10.6 Å². The first-order valence-corrected chi connectivity index (χ1v) is 7.29. The van der Waals surface area contributed by atoms with Gasteiger partial charge in [-0.25, -0.2) is 8.78 Å². The number of carbonyl (C=O) groups is 2. The second-order valence-corrected chi connectivity index (χ2v) is 5.14. The number of amides is 2. The monoisotopic (exact) mass is 327 g/mol. The molecule has 0 aliphatic carbocycles. The molecular weight excluding hydrogens is 308 g/mol. The summed E-state index contributed by atoms with van der Waals surface area (Å²) < 4.78 is 32.4. The predicted molar refractivity (Wildman–Crippen MR) is 80.0 cm³/mol. The summed E-state index contributed by atoms with van der Waals surface area (Å²) >= 11 is 0. The van der Waals surface area contributed by atoms with Gasteiger partial charge in [0.15, 0.2) is 0 Å². The van der Waals surface area contributed by atoms with Crippen molar-refractivity contribution in [3.05, 3.63) is 29.8 Å². The van der Waals surface area contributed by atoms with Gasteiger partial charge in [0.1, 0.15) is 23.4 Å². The highest BCUT2D eigenvalue weighted by molar-refractivity contribution is 6.01. The Bertz CT molecular complexity index is 563. The van der Waals surface area contributed by atoms with Gasteiger partial charge in [0.05, 0.1) is 13.2 Å². The molecule has 2 N–H and O–H groups in total. The molecule has 1 fully saturated rings. The van der Waals surface area contributed by atoms with Gasteiger partial charge in [0, 0.05) is 20.2 Å². The maximum Gasteiger partial charge on any atom is 0.249 e. The number of methoxy groups -OCH3 is 1. The van der Waals surface area contributed by atoms with Crippen molar-refractivity contribution in [2.75, 3.05) is 38.3 Å². The van der Waals surface area contributed by atoms with Crippen LogP contribution in [0.25, 0.3) is 0 Å². The third-order valence-electron chi connectivity index (χ3n) is 3.52. The number of nitrogens with zero attached hydrogens (tertiary/aromatic N) is 1. The van der Waals surface area contributed by atoms with Crippen LogP contribution in [0, 0.1) is 11.6 Å². The standard InChI is InChI=1S/C15H19F2N3O3/c1-23-8-6-18-9-13(21)19-12-5-7-20(15(12)22)14-10(16)3-2-4-11(14)17/h2-4,12,18H,5-9H2,1H3,(H,19,21). The van der Waals surface area contributed by atoms with Gasteiger partial charge in [-0.05, 0) is 18.6 Å². The smallest absolute Gasteiger partial charge is 0.249 e. The van der Waals surface area contributed by atoms with E-state index in [2.05, 4.69) is 10.6 Å². The first-order chi connectivity index (χ1) is 11.0. The highest BCUT2D eigenvalue weighted by Gasteiger charge is 2.36. The lowest BCUT2D eigenvalue weighted by molar-refractivity contribution is -0.125. The van der Waals surface area contributed by atoms with E-state index in [9.17, 15) is 18.4 Å². The second-order valence-electron chi connectivity index (χ2n) is 5.14. The Labute approximate surface area is 132 Å². The molecule has 126 valence electrons. The number of ether oxygens (including phenoxy) is 1. The van der Waals surface area contributed by atoms with E-state index < -0.39 is 23.6 Å². The van der Waals surface area contributed by atoms with E-state index in [0.717, 1.165) is 17.0 Å². The SMILES string of the molecule is COCCNCC(=O)NC1CCN(c2c(F)cccc2F)C1=O. The van der Waals surface area contributed by atoms with Crippen molar-refractivity contribution in [2.45, 2.75) is 12.5 Å². The van der Waals surface area contributed by atoms with E-state index in [4.69, 9.17) is 4.74 Å². The minimum Gasteiger partial charge on any atom is -0.383 e. The van der Waals surface area contributed by atoms with Crippen LogP contribution in [0.5, 0.6) is 0 Å². The topological polar surface area (TPSA) is 70.7 Å². The summed E-state index contributed by atoms with van der Waals surface area (Å²) in [6, 6.07) is 2.65. The summed E-state index contributed by atoms with van der Waals surface area (Å²) in [7, 11) is 1.55. The number of halogens is 2. The normalized spacial score (nSPS) is 17.6. The molecule has 0 bridgehead atoms. The van der Waals surface area contributed by atoms with Crippen molar-refractivity contribution < 1.29 is 23.1 Å². The number of hydrogen-bond acceptors (Lipinski definition) is 4. The molecule has 1 heterocycles. The molecule has 1 saturated heterocycles. The largest absolute Gasteiger partial charge is 0.383 e. The molecule has 0 radical (unpaired) electrons. The molecule has 0 aromatic heterocycles. The molecule has 2 amide bonds. The molecule has 1 unspecified atom stereocenters. The summed E-state index contributed by atoms with van der Waals surface area (Å²) in [6.45, 7) is 1.17. The Balaban J connectivity index is 1.93. The zero-order valence-corrected chi connectivity index (χ0v) is 12.8. The fourth-order valence-corrected chi connectivity index (χ4v) is 2.40. The van der Waals surface area contributed by atoms with Crippen LogP contribution in [0.2, 0.25) is 0 Å². The van der Waals surface area contributed by atoms with Crippen LogP contribution in [-0.4, -0.2) is 51.2 Å². The maximum absolute atomic E-state index is 13.8. The summed E-state index contributed by atoms with van der Waals surface area (Å²) in [5, 5.41) is 5.42. The lowest BCUT2D eigenvalue weighted by atomic mass is 10.2. The van der Waals surface area contributed by atoms with Crippen molar-refractivity contribution in [2.24, 2.45) is 0 Å². The fraction of sp³-hybridized carbons (Fsp3) is 0.467. The van der Waals surface area contributed by atoms with Gasteiger partial charge in [0.2, 0.25) is 11.8 Å². The van der Waals surface area contributed by atoms with Gasteiger partial charge in [-0.2, -0.15) is 0 Å². The summed E-state index contributed by atoms with van der Waals surface area (Å²) in [5.41, 5.74) is -0.368. The van der Waals surface area contributed by atoms with Crippen LogP contribution in [0.4, 0.5) is 14.5 Å². The average Bonchev–Trinajstić information content (AvgIpc) is 2.85. The molecule has 1 aliphatic heterocycles. The van der Waals surface area contributed by atoms with E-state index in [-0.39, 0.29) is 24.7 Å². The van der Waals surface area contributed by atoms with Gasteiger partial charge in [0.25, 0.3) is 0 Å². The van der Waals surface area contributed by atoms with Gasteiger partial charge in [-0.3, -0.25) is 9.59 Å². The van der Waals surface area contributed by atoms with Gasteiger partial charge in [-0.15, -0.1) is 0 Å². The minimum atomic E-state index is -0.799. The van der Waals surface area contributed by atoms with Crippen molar-refractivity contribution in [3.63, 3.8) is 0 Å². The summed E-state index contributed by atoms with van der Waals surface area (Å²) in [5.74, 6) is -2.47. The lowest BCUT2D eigenvalue weighted by Gasteiger charge is -2.18. The van der Waals surface area contributed by atoms with E-state index in [1.165, 1.54) is 6.07 Å². The predicted octanol–water partition coefficient (Wildman–Crippen LogP) is 0.422. The molecule has 2 rings (SSSR count). The minimum absolute atomic E-state index is 0.0429. The van der Waals surface area contributed by atoms with Crippen LogP contribution in [-0.2, 0) is 14.3 Å². The molecule has 0 spiro atoms. The average molecular weight is 327 g/mol. The molecular formula is C15H19F2N3O3. The van der Waals surface area contributed by atoms with Crippen molar-refractivity contribution in [3.8, 4) is 0 Å². The molecule has 1 aromatic carbocycles. The Morgan fingerprint density at radius 3 is 2.74 bits per heavy atom. The zero-order chi connectivity index (χ0) is 16.8. The van der Waals surface area contributed by atoms with E-state index in [1.807, 2.05) is 0 Å². The number of para-hydroxylation sites is 1. The molecule has 23 heavy (non-hydrogen) atoms. The van der Waals surface area contributed by atoms with Crippen LogP contribution in [0.3, 0.4) is 0 Å². The Morgan fingerprint density at radius 2 is 2.09 bits per heavy atom. The molecule has 6 nitrogen and oxygen atoms in total.